The summed E-state index contributed by atoms with van der Waals surface area (Å²) in [5, 5.41) is 7.80. The number of benzene rings is 1. The smallest absolute Gasteiger partial charge is 0.387 e. The zero-order chi connectivity index (χ0) is 27.9. The van der Waals surface area contributed by atoms with Crippen LogP contribution in [-0.4, -0.2) is 39.2 Å². The lowest BCUT2D eigenvalue weighted by molar-refractivity contribution is -0.139. The molecule has 0 aliphatic carbocycles. The summed E-state index contributed by atoms with van der Waals surface area (Å²) in [6.07, 6.45) is -2.35. The van der Waals surface area contributed by atoms with Gasteiger partial charge in [-0.05, 0) is 42.7 Å². The summed E-state index contributed by atoms with van der Waals surface area (Å²) in [7, 11) is 0. The first-order valence-electron chi connectivity index (χ1n) is 11.9. The Hall–Kier alpha value is -2.60. The molecule has 4 heterocycles. The van der Waals surface area contributed by atoms with E-state index in [9.17, 15) is 22.8 Å². The van der Waals surface area contributed by atoms with Crippen LogP contribution in [0.5, 0.6) is 0 Å². The summed E-state index contributed by atoms with van der Waals surface area (Å²) in [5.74, 6) is -0.334. The SMILES string of the molecule is O=C(Cn1cc(Cl)cc(C(F)(F)F)c1=O)N1CCC(c2nc(C3=NOC(c4cc(Cl)cc(Cl)c4)C3)cs2)CC1. The lowest BCUT2D eigenvalue weighted by atomic mass is 9.97. The molecule has 2 aromatic heterocycles. The molecule has 0 saturated carbocycles. The quantitative estimate of drug-likeness (QED) is 0.324. The third-order valence-corrected chi connectivity index (χ3v) is 8.25. The Morgan fingerprint density at radius 3 is 2.44 bits per heavy atom. The van der Waals surface area contributed by atoms with Gasteiger partial charge in [-0.3, -0.25) is 9.59 Å². The number of carbonyl (C=O) groups excluding carboxylic acids is 1. The van der Waals surface area contributed by atoms with Crippen LogP contribution in [0.1, 0.15) is 53.1 Å². The van der Waals surface area contributed by atoms with Crippen LogP contribution < -0.4 is 5.56 Å². The van der Waals surface area contributed by atoms with Crippen molar-refractivity contribution in [1.82, 2.24) is 14.5 Å². The van der Waals surface area contributed by atoms with Crippen molar-refractivity contribution in [3.63, 3.8) is 0 Å². The molecule has 0 spiro atoms. The van der Waals surface area contributed by atoms with Crippen molar-refractivity contribution in [3.8, 4) is 0 Å². The number of oxime groups is 1. The summed E-state index contributed by atoms with van der Waals surface area (Å²) in [6, 6.07) is 5.79. The number of piperidine rings is 1. The Balaban J connectivity index is 1.18. The number of aromatic nitrogens is 2. The van der Waals surface area contributed by atoms with Crippen LogP contribution >= 0.6 is 46.1 Å². The molecule has 5 rings (SSSR count). The molecule has 1 atom stereocenters. The van der Waals surface area contributed by atoms with Crippen LogP contribution in [0.4, 0.5) is 13.2 Å². The maximum Gasteiger partial charge on any atom is 0.421 e. The van der Waals surface area contributed by atoms with Gasteiger partial charge in [-0.15, -0.1) is 11.3 Å². The molecule has 39 heavy (non-hydrogen) atoms. The number of halogens is 6. The molecule has 1 aromatic carbocycles. The maximum absolute atomic E-state index is 13.1. The minimum Gasteiger partial charge on any atom is -0.387 e. The van der Waals surface area contributed by atoms with Crippen LogP contribution in [-0.2, 0) is 22.4 Å². The predicted molar refractivity (Wildman–Crippen MR) is 143 cm³/mol. The van der Waals surface area contributed by atoms with Crippen molar-refractivity contribution >= 4 is 57.8 Å². The molecule has 3 aromatic rings. The number of thiazole rings is 1. The van der Waals surface area contributed by atoms with Crippen LogP contribution in [0.2, 0.25) is 15.1 Å². The monoisotopic (exact) mass is 618 g/mol. The van der Waals surface area contributed by atoms with Gasteiger partial charge in [-0.1, -0.05) is 40.0 Å². The lowest BCUT2D eigenvalue weighted by Crippen LogP contribution is -2.41. The second-order valence-corrected chi connectivity index (χ2v) is 11.5. The van der Waals surface area contributed by atoms with Crippen molar-refractivity contribution in [3.05, 3.63) is 83.1 Å². The zero-order valence-electron chi connectivity index (χ0n) is 20.1. The third-order valence-electron chi connectivity index (χ3n) is 6.60. The summed E-state index contributed by atoms with van der Waals surface area (Å²) in [4.78, 5) is 36.9. The molecule has 2 aliphatic rings. The number of carbonyl (C=O) groups is 1. The molecule has 1 amide bonds. The van der Waals surface area contributed by atoms with Crippen LogP contribution in [0.3, 0.4) is 0 Å². The second kappa shape index (κ2) is 11.1. The molecule has 1 saturated heterocycles. The normalized spacial score (nSPS) is 18.3. The highest BCUT2D eigenvalue weighted by Gasteiger charge is 2.35. The fourth-order valence-corrected chi connectivity index (χ4v) is 6.39. The van der Waals surface area contributed by atoms with E-state index in [1.165, 1.54) is 11.3 Å². The third kappa shape index (κ3) is 6.26. The van der Waals surface area contributed by atoms with Crippen LogP contribution in [0.25, 0.3) is 0 Å². The second-order valence-electron chi connectivity index (χ2n) is 9.27. The number of pyridine rings is 1. The molecule has 0 bridgehead atoms. The van der Waals surface area contributed by atoms with E-state index in [-0.39, 0.29) is 17.0 Å². The summed E-state index contributed by atoms with van der Waals surface area (Å²) in [6.45, 7) is 0.260. The Morgan fingerprint density at radius 2 is 1.77 bits per heavy atom. The van der Waals surface area contributed by atoms with Gasteiger partial charge >= 0.3 is 6.18 Å². The minimum absolute atomic E-state index is 0.115. The molecule has 0 radical (unpaired) electrons. The van der Waals surface area contributed by atoms with Crippen LogP contribution in [0, 0.1) is 0 Å². The average Bonchev–Trinajstić information content (AvgIpc) is 3.55. The predicted octanol–water partition coefficient (Wildman–Crippen LogP) is 6.56. The molecule has 206 valence electrons. The number of likely N-dealkylation sites (tertiary alicyclic amines) is 1. The number of hydrogen-bond donors (Lipinski definition) is 0. The first-order valence-corrected chi connectivity index (χ1v) is 13.9. The van der Waals surface area contributed by atoms with E-state index >= 15 is 0 Å². The molecular weight excluding hydrogens is 600 g/mol. The van der Waals surface area contributed by atoms with Crippen LogP contribution in [0.15, 0.2) is 45.8 Å². The fraction of sp³-hybridized carbons (Fsp3) is 0.360. The van der Waals surface area contributed by atoms with E-state index < -0.39 is 29.8 Å². The van der Waals surface area contributed by atoms with Gasteiger partial charge in [0.15, 0.2) is 6.10 Å². The molecule has 0 N–H and O–H groups in total. The van der Waals surface area contributed by atoms with Gasteiger partial charge < -0.3 is 14.3 Å². The standard InChI is InChI=1S/C25H20Cl3F3N4O3S/c26-15-5-14(6-16(27)7-15)21-9-19(33-38-21)20-12-39-23(32-20)13-1-3-34(4-2-13)22(36)11-35-10-17(28)8-18(24(35)37)25(29,30)31/h5-8,10,12-13,21H,1-4,9,11H2. The van der Waals surface area contributed by atoms with Crippen molar-refractivity contribution in [2.75, 3.05) is 13.1 Å². The van der Waals surface area contributed by atoms with Crippen molar-refractivity contribution in [2.45, 2.75) is 44.0 Å². The highest BCUT2D eigenvalue weighted by molar-refractivity contribution is 7.10. The fourth-order valence-electron chi connectivity index (χ4n) is 4.62. The number of hydrogen-bond acceptors (Lipinski definition) is 6. The van der Waals surface area contributed by atoms with Gasteiger partial charge in [0.1, 0.15) is 17.8 Å². The Kier molecular flexibility index (Phi) is 7.96. The Labute approximate surface area is 239 Å². The molecule has 7 nitrogen and oxygen atoms in total. The Bertz CT molecular complexity index is 1480. The molecule has 1 fully saturated rings. The zero-order valence-corrected chi connectivity index (χ0v) is 23.1. The molecular formula is C25H20Cl3F3N4O3S. The number of rotatable bonds is 5. The maximum atomic E-state index is 13.1. The number of amides is 1. The van der Waals surface area contributed by atoms with E-state index in [0.717, 1.165) is 28.2 Å². The Morgan fingerprint density at radius 1 is 1.08 bits per heavy atom. The van der Waals surface area contributed by atoms with Crippen molar-refractivity contribution < 1.29 is 22.8 Å². The highest BCUT2D eigenvalue weighted by atomic mass is 35.5. The topological polar surface area (TPSA) is 76.8 Å². The number of nitrogens with zero attached hydrogens (tertiary/aromatic N) is 4. The summed E-state index contributed by atoms with van der Waals surface area (Å²) in [5.41, 5.74) is -0.430. The molecule has 1 unspecified atom stereocenters. The van der Waals surface area contributed by atoms with Gasteiger partial charge in [0.25, 0.3) is 5.56 Å². The van der Waals surface area contributed by atoms with E-state index in [1.807, 2.05) is 5.38 Å². The number of alkyl halides is 3. The van der Waals surface area contributed by atoms with Gasteiger partial charge in [0.05, 0.1) is 15.7 Å². The van der Waals surface area contributed by atoms with Gasteiger partial charge in [0, 0.05) is 47.1 Å². The highest BCUT2D eigenvalue weighted by Crippen LogP contribution is 2.35. The van der Waals surface area contributed by atoms with Crippen molar-refractivity contribution in [2.24, 2.45) is 5.16 Å². The van der Waals surface area contributed by atoms with E-state index in [2.05, 4.69) is 5.16 Å². The summed E-state index contributed by atoms with van der Waals surface area (Å²) < 4.78 is 40.1. The van der Waals surface area contributed by atoms with Crippen molar-refractivity contribution in [1.29, 1.82) is 0 Å². The largest absolute Gasteiger partial charge is 0.421 e. The first kappa shape index (κ1) is 27.9. The van der Waals surface area contributed by atoms with Gasteiger partial charge in [-0.25, -0.2) is 4.98 Å². The first-order chi connectivity index (χ1) is 18.5. The van der Waals surface area contributed by atoms with Gasteiger partial charge in [0.2, 0.25) is 5.91 Å². The average molecular weight is 620 g/mol. The van der Waals surface area contributed by atoms with Gasteiger partial charge in [-0.2, -0.15) is 13.2 Å². The van der Waals surface area contributed by atoms with E-state index in [0.29, 0.717) is 53.0 Å². The molecule has 2 aliphatic heterocycles. The lowest BCUT2D eigenvalue weighted by Gasteiger charge is -2.31. The van der Waals surface area contributed by atoms with E-state index in [4.69, 9.17) is 44.6 Å². The summed E-state index contributed by atoms with van der Waals surface area (Å²) >= 11 is 19.5. The van der Waals surface area contributed by atoms with E-state index in [1.54, 1.807) is 23.1 Å². The molecule has 14 heteroatoms. The minimum atomic E-state index is -4.86.